The number of rotatable bonds is 6. The van der Waals surface area contributed by atoms with Crippen molar-refractivity contribution >= 4 is 28.8 Å². The molecule has 0 fully saturated rings. The zero-order chi connectivity index (χ0) is 16.2. The Morgan fingerprint density at radius 3 is 2.96 bits per heavy atom. The maximum atomic E-state index is 6.18. The van der Waals surface area contributed by atoms with Crippen LogP contribution in [0.1, 0.15) is 11.9 Å². The quantitative estimate of drug-likeness (QED) is 0.746. The van der Waals surface area contributed by atoms with Crippen molar-refractivity contribution in [3.05, 3.63) is 29.3 Å². The number of hydrogen-bond donors (Lipinski definition) is 0. The molecule has 1 aliphatic rings. The van der Waals surface area contributed by atoms with Crippen LogP contribution in [0, 0.1) is 0 Å². The predicted molar refractivity (Wildman–Crippen MR) is 96.8 cm³/mol. The summed E-state index contributed by atoms with van der Waals surface area (Å²) in [4.78, 5) is 4.64. The Balaban J connectivity index is 1.62. The standard InChI is InChI=1S/C16H22N4OS2/c1-4-20-10-12(21-14-8-6-5-7-13(14)20)9-19(2)11-15-17-18-16(22-3)23-15/h5-8,12H,4,9-11H2,1-3H3/t12-/m0/s1. The Kier molecular flexibility index (Phi) is 5.40. The molecule has 2 heterocycles. The highest BCUT2D eigenvalue weighted by Crippen LogP contribution is 2.33. The molecular weight excluding hydrogens is 328 g/mol. The van der Waals surface area contributed by atoms with Gasteiger partial charge in [0.1, 0.15) is 16.9 Å². The van der Waals surface area contributed by atoms with Crippen LogP contribution in [0.2, 0.25) is 0 Å². The van der Waals surface area contributed by atoms with E-state index in [0.29, 0.717) is 0 Å². The summed E-state index contributed by atoms with van der Waals surface area (Å²) in [7, 11) is 2.11. The predicted octanol–water partition coefficient (Wildman–Crippen LogP) is 2.98. The molecule has 0 saturated carbocycles. The van der Waals surface area contributed by atoms with E-state index in [1.165, 1.54) is 5.69 Å². The lowest BCUT2D eigenvalue weighted by molar-refractivity contribution is 0.139. The van der Waals surface area contributed by atoms with E-state index in [2.05, 4.69) is 52.2 Å². The zero-order valence-electron chi connectivity index (χ0n) is 13.7. The minimum absolute atomic E-state index is 0.169. The summed E-state index contributed by atoms with van der Waals surface area (Å²) in [5.74, 6) is 0.986. The number of para-hydroxylation sites is 2. The maximum Gasteiger partial charge on any atom is 0.174 e. The van der Waals surface area contributed by atoms with Gasteiger partial charge in [-0.3, -0.25) is 4.90 Å². The van der Waals surface area contributed by atoms with Crippen molar-refractivity contribution in [3.8, 4) is 5.75 Å². The van der Waals surface area contributed by atoms with Gasteiger partial charge in [0.15, 0.2) is 4.34 Å². The molecule has 0 unspecified atom stereocenters. The van der Waals surface area contributed by atoms with Crippen LogP contribution in [0.25, 0.3) is 0 Å². The van der Waals surface area contributed by atoms with Gasteiger partial charge >= 0.3 is 0 Å². The first-order valence-corrected chi connectivity index (χ1v) is 9.79. The van der Waals surface area contributed by atoms with Gasteiger partial charge in [-0.05, 0) is 32.4 Å². The number of nitrogens with zero attached hydrogens (tertiary/aromatic N) is 4. The molecule has 7 heteroatoms. The van der Waals surface area contributed by atoms with Crippen molar-refractivity contribution in [1.82, 2.24) is 15.1 Å². The molecule has 0 spiro atoms. The first-order valence-electron chi connectivity index (χ1n) is 7.75. The van der Waals surface area contributed by atoms with E-state index in [1.807, 2.05) is 12.3 Å². The fraction of sp³-hybridized carbons (Fsp3) is 0.500. The second-order valence-electron chi connectivity index (χ2n) is 5.61. The van der Waals surface area contributed by atoms with Gasteiger partial charge in [0.2, 0.25) is 0 Å². The Morgan fingerprint density at radius 2 is 2.22 bits per heavy atom. The van der Waals surface area contributed by atoms with E-state index in [-0.39, 0.29) is 6.10 Å². The molecular formula is C16H22N4OS2. The molecule has 0 saturated heterocycles. The lowest BCUT2D eigenvalue weighted by atomic mass is 10.2. The average molecular weight is 351 g/mol. The Morgan fingerprint density at radius 1 is 1.39 bits per heavy atom. The molecule has 1 atom stereocenters. The number of anilines is 1. The Labute approximate surface area is 145 Å². The van der Waals surface area contributed by atoms with Gasteiger partial charge in [0.05, 0.1) is 18.8 Å². The molecule has 1 aromatic heterocycles. The molecule has 2 aromatic rings. The fourth-order valence-electron chi connectivity index (χ4n) is 2.80. The normalized spacial score (nSPS) is 17.2. The first kappa shape index (κ1) is 16.5. The number of fused-ring (bicyclic) bond motifs is 1. The third-order valence-corrected chi connectivity index (χ3v) is 5.73. The third-order valence-electron chi connectivity index (χ3n) is 3.85. The lowest BCUT2D eigenvalue weighted by Gasteiger charge is -2.37. The first-order chi connectivity index (χ1) is 11.2. The molecule has 124 valence electrons. The second kappa shape index (κ2) is 7.51. The molecule has 0 N–H and O–H groups in total. The van der Waals surface area contributed by atoms with E-state index < -0.39 is 0 Å². The number of likely N-dealkylation sites (N-methyl/N-ethyl adjacent to an activating group) is 2. The van der Waals surface area contributed by atoms with Crippen molar-refractivity contribution in [2.24, 2.45) is 0 Å². The monoisotopic (exact) mass is 350 g/mol. The van der Waals surface area contributed by atoms with Crippen molar-refractivity contribution in [2.45, 2.75) is 23.9 Å². The number of hydrogen-bond acceptors (Lipinski definition) is 7. The van der Waals surface area contributed by atoms with Crippen molar-refractivity contribution in [1.29, 1.82) is 0 Å². The van der Waals surface area contributed by atoms with E-state index in [0.717, 1.165) is 41.3 Å². The van der Waals surface area contributed by atoms with Crippen LogP contribution < -0.4 is 9.64 Å². The van der Waals surface area contributed by atoms with E-state index in [4.69, 9.17) is 4.74 Å². The minimum Gasteiger partial charge on any atom is -0.485 e. The molecule has 3 rings (SSSR count). The molecule has 1 aromatic carbocycles. The highest BCUT2D eigenvalue weighted by Gasteiger charge is 2.25. The maximum absolute atomic E-state index is 6.18. The van der Waals surface area contributed by atoms with Crippen LogP contribution in [-0.2, 0) is 6.54 Å². The SMILES string of the molecule is CCN1C[C@H](CN(C)Cc2nnc(SC)s2)Oc2ccccc21. The van der Waals surface area contributed by atoms with Crippen LogP contribution >= 0.6 is 23.1 Å². The third kappa shape index (κ3) is 3.97. The molecule has 5 nitrogen and oxygen atoms in total. The summed E-state index contributed by atoms with van der Waals surface area (Å²) in [5.41, 5.74) is 1.20. The van der Waals surface area contributed by atoms with Gasteiger partial charge in [0, 0.05) is 13.1 Å². The van der Waals surface area contributed by atoms with Gasteiger partial charge < -0.3 is 9.64 Å². The highest BCUT2D eigenvalue weighted by atomic mass is 32.2. The molecule has 0 radical (unpaired) electrons. The summed E-state index contributed by atoms with van der Waals surface area (Å²) in [6.45, 7) is 5.79. The summed E-state index contributed by atoms with van der Waals surface area (Å²) in [5, 5.41) is 9.45. The lowest BCUT2D eigenvalue weighted by Crippen LogP contribution is -2.45. The van der Waals surface area contributed by atoms with Crippen LogP contribution in [0.4, 0.5) is 5.69 Å². The van der Waals surface area contributed by atoms with Crippen molar-refractivity contribution in [3.63, 3.8) is 0 Å². The number of benzene rings is 1. The van der Waals surface area contributed by atoms with Gasteiger partial charge in [-0.25, -0.2) is 0 Å². The second-order valence-corrected chi connectivity index (χ2v) is 7.72. The Hall–Kier alpha value is -1.31. The van der Waals surface area contributed by atoms with E-state index >= 15 is 0 Å². The van der Waals surface area contributed by atoms with Crippen molar-refractivity contribution < 1.29 is 4.74 Å². The van der Waals surface area contributed by atoms with E-state index in [9.17, 15) is 0 Å². The minimum atomic E-state index is 0.169. The zero-order valence-corrected chi connectivity index (χ0v) is 15.4. The summed E-state index contributed by atoms with van der Waals surface area (Å²) < 4.78 is 7.20. The molecule has 0 bridgehead atoms. The van der Waals surface area contributed by atoms with Gasteiger partial charge in [-0.2, -0.15) is 0 Å². The smallest absolute Gasteiger partial charge is 0.174 e. The van der Waals surface area contributed by atoms with Crippen LogP contribution in [0.3, 0.4) is 0 Å². The summed E-state index contributed by atoms with van der Waals surface area (Å²) >= 11 is 3.31. The van der Waals surface area contributed by atoms with Crippen molar-refractivity contribution in [2.75, 3.05) is 37.8 Å². The van der Waals surface area contributed by atoms with E-state index in [1.54, 1.807) is 23.1 Å². The number of ether oxygens (including phenoxy) is 1. The largest absolute Gasteiger partial charge is 0.485 e. The molecule has 0 amide bonds. The molecule has 1 aliphatic heterocycles. The Bertz CT molecular complexity index is 649. The summed E-state index contributed by atoms with van der Waals surface area (Å²) in [6.07, 6.45) is 2.20. The fourth-order valence-corrected chi connectivity index (χ4v) is 4.20. The van der Waals surface area contributed by atoms with Gasteiger partial charge in [-0.1, -0.05) is 35.2 Å². The highest BCUT2D eigenvalue weighted by molar-refractivity contribution is 8.00. The topological polar surface area (TPSA) is 41.5 Å². The molecule has 23 heavy (non-hydrogen) atoms. The van der Waals surface area contributed by atoms with Gasteiger partial charge in [0.25, 0.3) is 0 Å². The average Bonchev–Trinajstić information content (AvgIpc) is 3.01. The van der Waals surface area contributed by atoms with Gasteiger partial charge in [-0.15, -0.1) is 10.2 Å². The number of thioether (sulfide) groups is 1. The van der Waals surface area contributed by atoms with Crippen LogP contribution in [0.15, 0.2) is 28.6 Å². The van der Waals surface area contributed by atoms with Crippen LogP contribution in [0.5, 0.6) is 5.75 Å². The summed E-state index contributed by atoms with van der Waals surface area (Å²) in [6, 6.07) is 8.28. The number of aromatic nitrogens is 2. The van der Waals surface area contributed by atoms with Crippen LogP contribution in [-0.4, -0.2) is 54.1 Å². The molecule has 0 aliphatic carbocycles.